The highest BCUT2D eigenvalue weighted by atomic mass is 79.9. The number of carbonyl (C=O) groups is 1. The van der Waals surface area contributed by atoms with Crippen molar-refractivity contribution in [3.63, 3.8) is 0 Å². The molecule has 8 heteroatoms. The van der Waals surface area contributed by atoms with Crippen LogP contribution in [0.2, 0.25) is 0 Å². The van der Waals surface area contributed by atoms with Gasteiger partial charge in [0.2, 0.25) is 15.9 Å². The van der Waals surface area contributed by atoms with Crippen LogP contribution in [-0.2, 0) is 21.4 Å². The number of benzene rings is 2. The molecule has 0 radical (unpaired) electrons. The van der Waals surface area contributed by atoms with E-state index < -0.39 is 15.9 Å². The van der Waals surface area contributed by atoms with Gasteiger partial charge in [-0.25, -0.2) is 13.0 Å². The van der Waals surface area contributed by atoms with Crippen LogP contribution < -0.4 is 26.3 Å². The Kier molecular flexibility index (Phi) is 7.25. The fraction of sp³-hybridized carbons (Fsp3) is 0.333. The molecule has 0 saturated heterocycles. The molecule has 0 aliphatic heterocycles. The molecule has 0 aliphatic rings. The largest absolute Gasteiger partial charge is 1.00 e. The Labute approximate surface area is 198 Å². The maximum atomic E-state index is 11.6. The van der Waals surface area contributed by atoms with Gasteiger partial charge in [-0.2, -0.15) is 0 Å². The average Bonchev–Trinajstić information content (AvgIpc) is 3.10. The second-order valence-electron chi connectivity index (χ2n) is 8.29. The molecular weight excluding hydrogens is 490 g/mol. The number of aromatic nitrogens is 2. The van der Waals surface area contributed by atoms with Gasteiger partial charge in [-0.15, -0.1) is 0 Å². The van der Waals surface area contributed by atoms with Gasteiger partial charge in [0.1, 0.15) is 6.54 Å². The highest BCUT2D eigenvalue weighted by Crippen LogP contribution is 2.35. The molecule has 0 spiro atoms. The summed E-state index contributed by atoms with van der Waals surface area (Å²) in [5.74, 6) is -0.436. The Hall–Kier alpha value is -2.45. The number of halogens is 1. The number of sulfonamides is 1. The topological polar surface area (TPSA) is 82.9 Å². The lowest BCUT2D eigenvalue weighted by Gasteiger charge is -2.08. The van der Waals surface area contributed by atoms with Crippen LogP contribution >= 0.6 is 0 Å². The van der Waals surface area contributed by atoms with Gasteiger partial charge < -0.3 is 22.0 Å². The third-order valence-electron chi connectivity index (χ3n) is 5.90. The highest BCUT2D eigenvalue weighted by molar-refractivity contribution is 7.89. The number of hydrogen-bond donors (Lipinski definition) is 2. The van der Waals surface area contributed by atoms with Gasteiger partial charge >= 0.3 is 0 Å². The van der Waals surface area contributed by atoms with Crippen molar-refractivity contribution in [1.29, 1.82) is 0 Å². The maximum Gasteiger partial charge on any atom is 0.233 e. The van der Waals surface area contributed by atoms with Gasteiger partial charge in [0.15, 0.2) is 12.4 Å². The van der Waals surface area contributed by atoms with E-state index in [1.165, 1.54) is 38.2 Å². The lowest BCUT2D eigenvalue weighted by Crippen LogP contribution is -3.00. The van der Waals surface area contributed by atoms with Crippen LogP contribution in [0.5, 0.6) is 0 Å². The van der Waals surface area contributed by atoms with E-state index in [0.717, 1.165) is 31.2 Å². The molecule has 2 aromatic heterocycles. The van der Waals surface area contributed by atoms with Crippen molar-refractivity contribution in [3.8, 4) is 0 Å². The van der Waals surface area contributed by atoms with E-state index >= 15 is 0 Å². The Morgan fingerprint density at radius 2 is 1.75 bits per heavy atom. The van der Waals surface area contributed by atoms with Crippen molar-refractivity contribution in [2.45, 2.75) is 46.1 Å². The van der Waals surface area contributed by atoms with Crippen molar-refractivity contribution in [1.82, 2.24) is 9.71 Å². The zero-order chi connectivity index (χ0) is 22.2. The average molecular weight is 518 g/mol. The minimum atomic E-state index is -3.47. The van der Waals surface area contributed by atoms with Gasteiger partial charge in [-0.05, 0) is 49.3 Å². The summed E-state index contributed by atoms with van der Waals surface area (Å²) in [7, 11) is -3.47. The summed E-state index contributed by atoms with van der Waals surface area (Å²) in [6.07, 6.45) is 8.01. The van der Waals surface area contributed by atoms with Crippen molar-refractivity contribution >= 4 is 48.5 Å². The summed E-state index contributed by atoms with van der Waals surface area (Å²) in [4.78, 5) is 15.2. The smallest absolute Gasteiger partial charge is 0.233 e. The summed E-state index contributed by atoms with van der Waals surface area (Å²) in [5, 5.41) is 5.07. The Morgan fingerprint density at radius 1 is 1.00 bits per heavy atom. The van der Waals surface area contributed by atoms with E-state index in [-0.39, 0.29) is 23.4 Å². The number of amides is 1. The molecule has 4 rings (SSSR count). The number of fused-ring (bicyclic) bond motifs is 4. The predicted molar refractivity (Wildman–Crippen MR) is 124 cm³/mol. The normalized spacial score (nSPS) is 11.7. The zero-order valence-electron chi connectivity index (χ0n) is 18.5. The first-order chi connectivity index (χ1) is 14.7. The van der Waals surface area contributed by atoms with Crippen molar-refractivity contribution < 1.29 is 34.8 Å². The Morgan fingerprint density at radius 3 is 2.50 bits per heavy atom. The summed E-state index contributed by atoms with van der Waals surface area (Å²) in [6.45, 7) is 5.22. The summed E-state index contributed by atoms with van der Waals surface area (Å²) in [6, 6.07) is 10.6. The molecule has 2 aromatic carbocycles. The number of hydrogen-bond acceptors (Lipinski definition) is 3. The quantitative estimate of drug-likeness (QED) is 0.283. The number of carbonyl (C=O) groups excluding carboxylic acids is 1. The number of aryl methyl sites for hydroxylation is 3. The predicted octanol–water partition coefficient (Wildman–Crippen LogP) is 1.02. The van der Waals surface area contributed by atoms with Crippen LogP contribution in [0.3, 0.4) is 0 Å². The van der Waals surface area contributed by atoms with Gasteiger partial charge in [0.05, 0.1) is 17.2 Å². The molecule has 0 atom stereocenters. The SMILES string of the molecule is Cc1c2c[n+](CCCCCC(=O)NS(C)(=O)=O)ccc2c(C)c2c1[nH]c1ccccc12.[Br-]. The molecule has 170 valence electrons. The van der Waals surface area contributed by atoms with Crippen LogP contribution in [0.1, 0.15) is 36.8 Å². The van der Waals surface area contributed by atoms with Crippen LogP contribution in [0.4, 0.5) is 0 Å². The van der Waals surface area contributed by atoms with Crippen LogP contribution in [0, 0.1) is 13.8 Å². The molecule has 1 amide bonds. The molecule has 0 fully saturated rings. The Balaban J connectivity index is 0.00000289. The van der Waals surface area contributed by atoms with Crippen LogP contribution in [-0.4, -0.2) is 25.6 Å². The zero-order valence-corrected chi connectivity index (χ0v) is 20.9. The second kappa shape index (κ2) is 9.58. The van der Waals surface area contributed by atoms with Crippen molar-refractivity contribution in [3.05, 3.63) is 53.9 Å². The number of rotatable bonds is 7. The monoisotopic (exact) mass is 517 g/mol. The van der Waals surface area contributed by atoms with E-state index in [4.69, 9.17) is 0 Å². The first kappa shape index (κ1) is 24.2. The molecule has 32 heavy (non-hydrogen) atoms. The third-order valence-corrected chi connectivity index (χ3v) is 6.50. The molecular formula is C24H28BrN3O3S. The first-order valence-electron chi connectivity index (χ1n) is 10.6. The van der Waals surface area contributed by atoms with E-state index in [1.54, 1.807) is 0 Å². The maximum absolute atomic E-state index is 11.6. The number of H-pyrrole nitrogens is 1. The van der Waals surface area contributed by atoms with Gasteiger partial charge in [0.25, 0.3) is 0 Å². The molecule has 0 aliphatic carbocycles. The van der Waals surface area contributed by atoms with Gasteiger partial charge in [0, 0.05) is 35.2 Å². The van der Waals surface area contributed by atoms with E-state index in [1.807, 2.05) is 4.72 Å². The number of nitrogens with one attached hydrogen (secondary N) is 2. The van der Waals surface area contributed by atoms with E-state index in [0.29, 0.717) is 6.42 Å². The van der Waals surface area contributed by atoms with Gasteiger partial charge in [-0.3, -0.25) is 9.52 Å². The fourth-order valence-corrected chi connectivity index (χ4v) is 4.92. The van der Waals surface area contributed by atoms with E-state index in [2.05, 4.69) is 66.1 Å². The molecule has 2 N–H and O–H groups in total. The van der Waals surface area contributed by atoms with Crippen molar-refractivity contribution in [2.24, 2.45) is 0 Å². The standard InChI is InChI=1S/C24H27N3O3S.BrH/c1-16-18-12-14-27(13-8-4-5-11-22(28)26-31(3,29)30)15-20(18)17(2)24-23(16)19-9-6-7-10-21(19)25-24;/h6-7,9-10,12,14-15H,4-5,8,11,13H2,1-3H3,(H,26,28);1H. The summed E-state index contributed by atoms with van der Waals surface area (Å²) >= 11 is 0. The number of unbranched alkanes of at least 4 members (excludes halogenated alkanes) is 2. The highest BCUT2D eigenvalue weighted by Gasteiger charge is 2.16. The minimum absolute atomic E-state index is 0. The fourth-order valence-electron chi connectivity index (χ4n) is 4.40. The van der Waals surface area contributed by atoms with Gasteiger partial charge in [-0.1, -0.05) is 18.2 Å². The van der Waals surface area contributed by atoms with E-state index in [9.17, 15) is 13.2 Å². The third kappa shape index (κ3) is 4.96. The lowest BCUT2D eigenvalue weighted by atomic mass is 9.97. The lowest BCUT2D eigenvalue weighted by molar-refractivity contribution is -0.696. The molecule has 0 bridgehead atoms. The molecule has 0 unspecified atom stereocenters. The summed E-state index contributed by atoms with van der Waals surface area (Å²) < 4.78 is 26.3. The number of aromatic amines is 1. The number of nitrogens with zero attached hydrogens (tertiary/aromatic N) is 1. The summed E-state index contributed by atoms with van der Waals surface area (Å²) in [5.41, 5.74) is 4.89. The minimum Gasteiger partial charge on any atom is -1.00 e. The second-order valence-corrected chi connectivity index (χ2v) is 10.0. The molecule has 0 saturated carbocycles. The van der Waals surface area contributed by atoms with Crippen LogP contribution in [0.25, 0.3) is 32.6 Å². The van der Waals surface area contributed by atoms with Crippen molar-refractivity contribution in [2.75, 3.05) is 6.26 Å². The molecule has 6 nitrogen and oxygen atoms in total. The number of para-hydroxylation sites is 1. The molecule has 2 heterocycles. The Bertz CT molecular complexity index is 1410. The van der Waals surface area contributed by atoms with Crippen LogP contribution in [0.15, 0.2) is 42.7 Å². The first-order valence-corrected chi connectivity index (χ1v) is 12.5. The number of pyridine rings is 1. The molecule has 4 aromatic rings.